The van der Waals surface area contributed by atoms with Crippen molar-refractivity contribution in [2.45, 2.75) is 25.5 Å². The normalized spacial score (nSPS) is 25.5. The molecule has 3 N–H and O–H groups in total. The summed E-state index contributed by atoms with van der Waals surface area (Å²) >= 11 is 0. The highest BCUT2D eigenvalue weighted by Crippen LogP contribution is 2.24. The fourth-order valence-electron chi connectivity index (χ4n) is 1.79. The summed E-state index contributed by atoms with van der Waals surface area (Å²) in [6, 6.07) is 4.65. The number of ether oxygens (including phenoxy) is 1. The fourth-order valence-corrected chi connectivity index (χ4v) is 1.79. The second-order valence-electron chi connectivity index (χ2n) is 3.85. The number of benzene rings is 1. The SMILES string of the molecule is CC1OCCC1Nc1ccc(F)cc1N. The first kappa shape index (κ1) is 10.2. The van der Waals surface area contributed by atoms with Crippen LogP contribution in [0.1, 0.15) is 13.3 Å². The molecular weight excluding hydrogens is 195 g/mol. The van der Waals surface area contributed by atoms with Gasteiger partial charge in [-0.3, -0.25) is 0 Å². The molecular formula is C11H15FN2O. The van der Waals surface area contributed by atoms with Crippen molar-refractivity contribution >= 4 is 11.4 Å². The minimum atomic E-state index is -0.311. The Morgan fingerprint density at radius 1 is 1.53 bits per heavy atom. The van der Waals surface area contributed by atoms with Crippen LogP contribution < -0.4 is 11.1 Å². The monoisotopic (exact) mass is 210 g/mol. The van der Waals surface area contributed by atoms with Crippen molar-refractivity contribution in [1.29, 1.82) is 0 Å². The molecule has 0 bridgehead atoms. The van der Waals surface area contributed by atoms with Gasteiger partial charge in [-0.2, -0.15) is 0 Å². The lowest BCUT2D eigenvalue weighted by molar-refractivity contribution is 0.121. The van der Waals surface area contributed by atoms with E-state index in [1.807, 2.05) is 6.92 Å². The number of nitrogen functional groups attached to an aromatic ring is 1. The van der Waals surface area contributed by atoms with Crippen LogP contribution in [0.5, 0.6) is 0 Å². The molecule has 82 valence electrons. The van der Waals surface area contributed by atoms with Crippen LogP contribution in [0.3, 0.4) is 0 Å². The molecule has 3 nitrogen and oxygen atoms in total. The molecule has 1 saturated heterocycles. The summed E-state index contributed by atoms with van der Waals surface area (Å²) < 4.78 is 18.2. The maximum Gasteiger partial charge on any atom is 0.125 e. The first-order valence-electron chi connectivity index (χ1n) is 5.10. The molecule has 1 aromatic rings. The van der Waals surface area contributed by atoms with E-state index < -0.39 is 0 Å². The van der Waals surface area contributed by atoms with Gasteiger partial charge in [0.1, 0.15) is 5.82 Å². The van der Waals surface area contributed by atoms with Gasteiger partial charge in [0.2, 0.25) is 0 Å². The van der Waals surface area contributed by atoms with E-state index >= 15 is 0 Å². The van der Waals surface area contributed by atoms with E-state index in [1.54, 1.807) is 6.07 Å². The number of halogens is 1. The Labute approximate surface area is 88.4 Å². The zero-order valence-electron chi connectivity index (χ0n) is 8.66. The molecule has 1 fully saturated rings. The molecule has 4 heteroatoms. The first-order chi connectivity index (χ1) is 7.16. The lowest BCUT2D eigenvalue weighted by Crippen LogP contribution is -2.27. The zero-order valence-corrected chi connectivity index (χ0v) is 8.66. The second kappa shape index (κ2) is 4.06. The Morgan fingerprint density at radius 2 is 2.33 bits per heavy atom. The van der Waals surface area contributed by atoms with E-state index in [9.17, 15) is 4.39 Å². The molecule has 0 radical (unpaired) electrons. The molecule has 1 aromatic carbocycles. The number of hydrogen-bond acceptors (Lipinski definition) is 3. The summed E-state index contributed by atoms with van der Waals surface area (Å²) in [5.74, 6) is -0.311. The lowest BCUT2D eigenvalue weighted by atomic mass is 10.1. The summed E-state index contributed by atoms with van der Waals surface area (Å²) in [5, 5.41) is 3.27. The van der Waals surface area contributed by atoms with Crippen LogP contribution in [-0.4, -0.2) is 18.8 Å². The number of anilines is 2. The number of nitrogens with two attached hydrogens (primary N) is 1. The van der Waals surface area contributed by atoms with Crippen molar-refractivity contribution in [2.24, 2.45) is 0 Å². The molecule has 1 heterocycles. The molecule has 1 aliphatic rings. The molecule has 0 spiro atoms. The highest BCUT2D eigenvalue weighted by Gasteiger charge is 2.24. The minimum absolute atomic E-state index is 0.175. The van der Waals surface area contributed by atoms with E-state index in [0.29, 0.717) is 5.69 Å². The third-order valence-electron chi connectivity index (χ3n) is 2.73. The highest BCUT2D eigenvalue weighted by atomic mass is 19.1. The maximum atomic E-state index is 12.8. The van der Waals surface area contributed by atoms with Crippen LogP contribution in [0, 0.1) is 5.82 Å². The molecule has 0 saturated carbocycles. The number of rotatable bonds is 2. The maximum absolute atomic E-state index is 12.8. The van der Waals surface area contributed by atoms with E-state index in [-0.39, 0.29) is 18.0 Å². The highest BCUT2D eigenvalue weighted by molar-refractivity contribution is 5.66. The average Bonchev–Trinajstić information content (AvgIpc) is 2.57. The summed E-state index contributed by atoms with van der Waals surface area (Å²) in [7, 11) is 0. The number of nitrogens with one attached hydrogen (secondary N) is 1. The van der Waals surface area contributed by atoms with Gasteiger partial charge in [-0.1, -0.05) is 0 Å². The second-order valence-corrected chi connectivity index (χ2v) is 3.85. The molecule has 0 aromatic heterocycles. The van der Waals surface area contributed by atoms with Crippen molar-refractivity contribution in [2.75, 3.05) is 17.7 Å². The van der Waals surface area contributed by atoms with Crippen molar-refractivity contribution in [3.8, 4) is 0 Å². The zero-order chi connectivity index (χ0) is 10.8. The van der Waals surface area contributed by atoms with Crippen LogP contribution in [0.2, 0.25) is 0 Å². The van der Waals surface area contributed by atoms with Gasteiger partial charge in [-0.15, -0.1) is 0 Å². The quantitative estimate of drug-likeness (QED) is 0.734. The summed E-state index contributed by atoms with van der Waals surface area (Å²) in [5.41, 5.74) is 6.92. The Balaban J connectivity index is 2.10. The van der Waals surface area contributed by atoms with Gasteiger partial charge in [0.25, 0.3) is 0 Å². The lowest BCUT2D eigenvalue weighted by Gasteiger charge is -2.18. The van der Waals surface area contributed by atoms with Crippen LogP contribution in [0.25, 0.3) is 0 Å². The van der Waals surface area contributed by atoms with Crippen molar-refractivity contribution in [3.05, 3.63) is 24.0 Å². The van der Waals surface area contributed by atoms with Gasteiger partial charge in [0.15, 0.2) is 0 Å². The molecule has 0 amide bonds. The smallest absolute Gasteiger partial charge is 0.125 e. The predicted molar refractivity (Wildman–Crippen MR) is 58.3 cm³/mol. The summed E-state index contributed by atoms with van der Waals surface area (Å²) in [6.45, 7) is 2.78. The first-order valence-corrected chi connectivity index (χ1v) is 5.10. The third-order valence-corrected chi connectivity index (χ3v) is 2.73. The predicted octanol–water partition coefficient (Wildman–Crippen LogP) is 2.00. The molecule has 15 heavy (non-hydrogen) atoms. The van der Waals surface area contributed by atoms with Crippen molar-refractivity contribution in [3.63, 3.8) is 0 Å². The molecule has 2 atom stereocenters. The van der Waals surface area contributed by atoms with E-state index in [4.69, 9.17) is 10.5 Å². The summed E-state index contributed by atoms with van der Waals surface area (Å²) in [6.07, 6.45) is 1.13. The van der Waals surface area contributed by atoms with Crippen LogP contribution in [-0.2, 0) is 4.74 Å². The Bertz CT molecular complexity index is 356. The van der Waals surface area contributed by atoms with Gasteiger partial charge in [-0.25, -0.2) is 4.39 Å². The van der Waals surface area contributed by atoms with Crippen molar-refractivity contribution < 1.29 is 9.13 Å². The molecule has 1 aliphatic heterocycles. The largest absolute Gasteiger partial charge is 0.397 e. The average molecular weight is 210 g/mol. The Kier molecular flexibility index (Phi) is 2.77. The van der Waals surface area contributed by atoms with E-state index in [2.05, 4.69) is 5.32 Å². The van der Waals surface area contributed by atoms with E-state index in [1.165, 1.54) is 12.1 Å². The van der Waals surface area contributed by atoms with Gasteiger partial charge in [0.05, 0.1) is 23.5 Å². The fraction of sp³-hybridized carbons (Fsp3) is 0.455. The molecule has 2 unspecified atom stereocenters. The van der Waals surface area contributed by atoms with Gasteiger partial charge < -0.3 is 15.8 Å². The number of hydrogen-bond donors (Lipinski definition) is 2. The standard InChI is InChI=1S/C11H15FN2O/c1-7-10(4-5-15-7)14-11-3-2-8(12)6-9(11)13/h2-3,6-7,10,14H,4-5,13H2,1H3. The van der Waals surface area contributed by atoms with Crippen LogP contribution >= 0.6 is 0 Å². The van der Waals surface area contributed by atoms with Crippen LogP contribution in [0.4, 0.5) is 15.8 Å². The minimum Gasteiger partial charge on any atom is -0.397 e. The third kappa shape index (κ3) is 2.21. The molecule has 0 aliphatic carbocycles. The Hall–Kier alpha value is -1.29. The molecule has 2 rings (SSSR count). The topological polar surface area (TPSA) is 47.3 Å². The van der Waals surface area contributed by atoms with Gasteiger partial charge in [0, 0.05) is 6.61 Å². The van der Waals surface area contributed by atoms with E-state index in [0.717, 1.165) is 18.7 Å². The Morgan fingerprint density at radius 3 is 2.93 bits per heavy atom. The van der Waals surface area contributed by atoms with Gasteiger partial charge in [-0.05, 0) is 31.5 Å². The summed E-state index contributed by atoms with van der Waals surface area (Å²) in [4.78, 5) is 0. The van der Waals surface area contributed by atoms with Crippen molar-refractivity contribution in [1.82, 2.24) is 0 Å². The van der Waals surface area contributed by atoms with Crippen LogP contribution in [0.15, 0.2) is 18.2 Å². The van der Waals surface area contributed by atoms with Gasteiger partial charge >= 0.3 is 0 Å².